The van der Waals surface area contributed by atoms with Crippen LogP contribution < -0.4 is 5.73 Å². The maximum Gasteiger partial charge on any atom is 0.243 e. The van der Waals surface area contributed by atoms with Crippen LogP contribution in [0.5, 0.6) is 0 Å². The Labute approximate surface area is 138 Å². The molecule has 0 unspecified atom stereocenters. The summed E-state index contributed by atoms with van der Waals surface area (Å²) >= 11 is 0. The molecule has 2 rings (SSSR count). The van der Waals surface area contributed by atoms with Crippen LogP contribution in [0.25, 0.3) is 0 Å². The van der Waals surface area contributed by atoms with Crippen LogP contribution in [0.3, 0.4) is 0 Å². The predicted molar refractivity (Wildman–Crippen MR) is 90.5 cm³/mol. The van der Waals surface area contributed by atoms with Gasteiger partial charge in [0.2, 0.25) is 10.0 Å². The van der Waals surface area contributed by atoms with E-state index in [2.05, 4.69) is 0 Å². The van der Waals surface area contributed by atoms with Crippen LogP contribution in [-0.2, 0) is 19.9 Å². The highest BCUT2D eigenvalue weighted by molar-refractivity contribution is 7.92. The fraction of sp³-hybridized carbons (Fsp3) is 0.600. The lowest BCUT2D eigenvalue weighted by molar-refractivity contribution is 0.238. The van der Waals surface area contributed by atoms with E-state index in [-0.39, 0.29) is 29.5 Å². The van der Waals surface area contributed by atoms with Crippen molar-refractivity contribution in [2.75, 3.05) is 24.6 Å². The Morgan fingerprint density at radius 1 is 1.30 bits per heavy atom. The fourth-order valence-corrected chi connectivity index (χ4v) is 7.45. The molecule has 23 heavy (non-hydrogen) atoms. The Kier molecular flexibility index (Phi) is 4.92. The molecule has 1 heterocycles. The van der Waals surface area contributed by atoms with E-state index in [1.54, 1.807) is 26.0 Å². The minimum atomic E-state index is -3.82. The Morgan fingerprint density at radius 3 is 2.48 bits per heavy atom. The first kappa shape index (κ1) is 18.4. The third-order valence-electron chi connectivity index (χ3n) is 4.33. The van der Waals surface area contributed by atoms with Gasteiger partial charge >= 0.3 is 0 Å². The van der Waals surface area contributed by atoms with Crippen LogP contribution in [-0.4, -0.2) is 51.3 Å². The molecular weight excluding hydrogens is 336 g/mol. The van der Waals surface area contributed by atoms with E-state index in [0.717, 1.165) is 5.56 Å². The Morgan fingerprint density at radius 2 is 1.96 bits per heavy atom. The van der Waals surface area contributed by atoms with Crippen molar-refractivity contribution in [2.45, 2.75) is 37.6 Å². The van der Waals surface area contributed by atoms with Crippen LogP contribution >= 0.6 is 0 Å². The van der Waals surface area contributed by atoms with Crippen molar-refractivity contribution < 1.29 is 16.8 Å². The molecule has 0 radical (unpaired) electrons. The molecule has 0 bridgehead atoms. The van der Waals surface area contributed by atoms with Crippen LogP contribution in [0.4, 0.5) is 0 Å². The quantitative estimate of drug-likeness (QED) is 0.839. The van der Waals surface area contributed by atoms with Gasteiger partial charge in [-0.05, 0) is 44.4 Å². The summed E-state index contributed by atoms with van der Waals surface area (Å²) in [5, 5.41) is 0. The zero-order valence-electron chi connectivity index (χ0n) is 13.7. The number of sulfone groups is 1. The zero-order valence-corrected chi connectivity index (χ0v) is 15.4. The summed E-state index contributed by atoms with van der Waals surface area (Å²) in [4.78, 5) is 0.219. The summed E-state index contributed by atoms with van der Waals surface area (Å²) in [6.07, 6.45) is 0.291. The van der Waals surface area contributed by atoms with Crippen molar-refractivity contribution in [1.82, 2.24) is 4.31 Å². The van der Waals surface area contributed by atoms with Gasteiger partial charge in [-0.15, -0.1) is 0 Å². The Hall–Kier alpha value is -0.960. The summed E-state index contributed by atoms with van der Waals surface area (Å²) in [6, 6.07) is 5.24. The molecule has 1 aromatic carbocycles. The summed E-state index contributed by atoms with van der Waals surface area (Å²) in [5.74, 6) is -0.156. The fourth-order valence-electron chi connectivity index (χ4n) is 3.09. The van der Waals surface area contributed by atoms with Crippen LogP contribution in [0.15, 0.2) is 23.1 Å². The predicted octanol–water partition coefficient (Wildman–Crippen LogP) is 0.830. The molecule has 1 saturated heterocycles. The maximum atomic E-state index is 13.2. The standard InChI is InChI=1S/C15H24N2O4S2/c1-12-4-5-13(2)14(10-12)23(20,21)17(8-7-16)15(3)6-9-22(18,19)11-15/h4-5,10H,6-9,11,16H2,1-3H3/t15-/m1/s1. The maximum absolute atomic E-state index is 13.2. The molecular formula is C15H24N2O4S2. The molecule has 0 aliphatic carbocycles. The molecule has 1 atom stereocenters. The van der Waals surface area contributed by atoms with Crippen molar-refractivity contribution in [3.8, 4) is 0 Å². The van der Waals surface area contributed by atoms with E-state index in [1.807, 2.05) is 13.0 Å². The second-order valence-corrected chi connectivity index (χ2v) is 10.5. The number of hydrogen-bond donors (Lipinski definition) is 1. The first-order valence-corrected chi connectivity index (χ1v) is 10.8. The number of aryl methyl sites for hydroxylation is 2. The van der Waals surface area contributed by atoms with Crippen LogP contribution in [0.2, 0.25) is 0 Å². The normalized spacial score (nSPS) is 24.2. The molecule has 0 spiro atoms. The van der Waals surface area contributed by atoms with E-state index in [1.165, 1.54) is 4.31 Å². The van der Waals surface area contributed by atoms with E-state index < -0.39 is 25.4 Å². The van der Waals surface area contributed by atoms with Crippen molar-refractivity contribution in [3.63, 3.8) is 0 Å². The average Bonchev–Trinajstić information content (AvgIpc) is 2.73. The van der Waals surface area contributed by atoms with Crippen molar-refractivity contribution in [1.29, 1.82) is 0 Å². The number of benzene rings is 1. The van der Waals surface area contributed by atoms with Gasteiger partial charge in [0.1, 0.15) is 0 Å². The molecule has 1 aliphatic rings. The average molecular weight is 361 g/mol. The highest BCUT2D eigenvalue weighted by Gasteiger charge is 2.47. The second kappa shape index (κ2) is 6.16. The molecule has 0 amide bonds. The summed E-state index contributed by atoms with van der Waals surface area (Å²) in [7, 11) is -7.04. The molecule has 130 valence electrons. The second-order valence-electron chi connectivity index (χ2n) is 6.47. The van der Waals surface area contributed by atoms with Gasteiger partial charge in [0.05, 0.1) is 16.4 Å². The molecule has 2 N–H and O–H groups in total. The Balaban J connectivity index is 2.54. The zero-order chi connectivity index (χ0) is 17.5. The van der Waals surface area contributed by atoms with Gasteiger partial charge in [-0.3, -0.25) is 0 Å². The number of nitrogens with zero attached hydrogens (tertiary/aromatic N) is 1. The van der Waals surface area contributed by atoms with Gasteiger partial charge in [-0.25, -0.2) is 16.8 Å². The van der Waals surface area contributed by atoms with Gasteiger partial charge in [0.15, 0.2) is 9.84 Å². The number of rotatable bonds is 5. The third-order valence-corrected chi connectivity index (χ3v) is 8.42. The third kappa shape index (κ3) is 3.60. The van der Waals surface area contributed by atoms with Crippen molar-refractivity contribution in [3.05, 3.63) is 29.3 Å². The summed E-state index contributed by atoms with van der Waals surface area (Å²) in [5.41, 5.74) is 6.14. The minimum Gasteiger partial charge on any atom is -0.329 e. The summed E-state index contributed by atoms with van der Waals surface area (Å²) < 4.78 is 51.4. The highest BCUT2D eigenvalue weighted by atomic mass is 32.2. The van der Waals surface area contributed by atoms with E-state index in [9.17, 15) is 16.8 Å². The van der Waals surface area contributed by atoms with E-state index >= 15 is 0 Å². The first-order chi connectivity index (χ1) is 10.5. The molecule has 0 aromatic heterocycles. The van der Waals surface area contributed by atoms with Crippen LogP contribution in [0.1, 0.15) is 24.5 Å². The Bertz CT molecular complexity index is 803. The summed E-state index contributed by atoms with van der Waals surface area (Å²) in [6.45, 7) is 5.49. The smallest absolute Gasteiger partial charge is 0.243 e. The number of nitrogens with two attached hydrogens (primary N) is 1. The molecule has 8 heteroatoms. The van der Waals surface area contributed by atoms with Crippen molar-refractivity contribution in [2.24, 2.45) is 5.73 Å². The minimum absolute atomic E-state index is 0.00684. The van der Waals surface area contributed by atoms with E-state index in [4.69, 9.17) is 5.73 Å². The first-order valence-electron chi connectivity index (χ1n) is 7.52. The van der Waals surface area contributed by atoms with Crippen LogP contribution in [0, 0.1) is 13.8 Å². The van der Waals surface area contributed by atoms with Gasteiger partial charge in [0, 0.05) is 18.6 Å². The topological polar surface area (TPSA) is 97.5 Å². The molecule has 1 fully saturated rings. The number of sulfonamides is 1. The lowest BCUT2D eigenvalue weighted by Crippen LogP contribution is -2.52. The monoisotopic (exact) mass is 360 g/mol. The SMILES string of the molecule is Cc1ccc(C)c(S(=O)(=O)N(CCN)[C@]2(C)CCS(=O)(=O)C2)c1. The van der Waals surface area contributed by atoms with Gasteiger partial charge < -0.3 is 5.73 Å². The van der Waals surface area contributed by atoms with Crippen molar-refractivity contribution >= 4 is 19.9 Å². The lowest BCUT2D eigenvalue weighted by atomic mass is 10.0. The highest BCUT2D eigenvalue weighted by Crippen LogP contribution is 2.34. The molecule has 1 aliphatic heterocycles. The molecule has 0 saturated carbocycles. The van der Waals surface area contributed by atoms with Gasteiger partial charge in [0.25, 0.3) is 0 Å². The number of hydrogen-bond acceptors (Lipinski definition) is 5. The molecule has 1 aromatic rings. The molecule has 6 nitrogen and oxygen atoms in total. The van der Waals surface area contributed by atoms with Gasteiger partial charge in [-0.2, -0.15) is 4.31 Å². The van der Waals surface area contributed by atoms with Gasteiger partial charge in [-0.1, -0.05) is 12.1 Å². The largest absolute Gasteiger partial charge is 0.329 e. The van der Waals surface area contributed by atoms with E-state index in [0.29, 0.717) is 12.0 Å². The lowest BCUT2D eigenvalue weighted by Gasteiger charge is -2.36.